The highest BCUT2D eigenvalue weighted by Gasteiger charge is 2.31. The first-order valence-electron chi connectivity index (χ1n) is 7.24. The maximum atomic E-state index is 5.46. The fourth-order valence-electron chi connectivity index (χ4n) is 3.12. The standard InChI is InChI=1S/C14H27NOS/c1-3-11-4-5-13(15-2)14(10-11)17-12-6-8-16-9-7-12/h11-15H,3-10H2,1-2H3. The minimum absolute atomic E-state index is 0.741. The molecule has 0 spiro atoms. The van der Waals surface area contributed by atoms with E-state index in [1.54, 1.807) is 0 Å². The Morgan fingerprint density at radius 3 is 2.59 bits per heavy atom. The Kier molecular flexibility index (Phi) is 5.64. The zero-order valence-corrected chi connectivity index (χ0v) is 12.1. The van der Waals surface area contributed by atoms with Crippen molar-refractivity contribution < 1.29 is 4.74 Å². The SMILES string of the molecule is CCC1CCC(NC)C(SC2CCOCC2)C1. The lowest BCUT2D eigenvalue weighted by Gasteiger charge is -2.38. The van der Waals surface area contributed by atoms with Gasteiger partial charge in [0, 0.05) is 29.8 Å². The molecule has 1 heterocycles. The van der Waals surface area contributed by atoms with Crippen molar-refractivity contribution in [2.45, 2.75) is 62.0 Å². The van der Waals surface area contributed by atoms with Crippen LogP contribution in [0.4, 0.5) is 0 Å². The van der Waals surface area contributed by atoms with Gasteiger partial charge in [-0.15, -0.1) is 0 Å². The van der Waals surface area contributed by atoms with Crippen molar-refractivity contribution in [3.8, 4) is 0 Å². The molecule has 2 nitrogen and oxygen atoms in total. The van der Waals surface area contributed by atoms with Crippen molar-refractivity contribution >= 4 is 11.8 Å². The van der Waals surface area contributed by atoms with E-state index in [1.165, 1.54) is 38.5 Å². The smallest absolute Gasteiger partial charge is 0.0476 e. The molecule has 1 aliphatic heterocycles. The largest absolute Gasteiger partial charge is 0.381 e. The molecule has 0 aromatic heterocycles. The number of hydrogen-bond acceptors (Lipinski definition) is 3. The average Bonchev–Trinajstić information content (AvgIpc) is 2.40. The summed E-state index contributed by atoms with van der Waals surface area (Å²) in [5, 5.41) is 5.22. The summed E-state index contributed by atoms with van der Waals surface area (Å²) in [6.45, 7) is 4.30. The van der Waals surface area contributed by atoms with Gasteiger partial charge in [-0.3, -0.25) is 0 Å². The Bertz CT molecular complexity index is 218. The predicted octanol–water partition coefficient (Wildman–Crippen LogP) is 3.07. The molecule has 0 radical (unpaired) electrons. The predicted molar refractivity (Wildman–Crippen MR) is 75.7 cm³/mol. The van der Waals surface area contributed by atoms with Gasteiger partial charge < -0.3 is 10.1 Å². The monoisotopic (exact) mass is 257 g/mol. The van der Waals surface area contributed by atoms with Crippen LogP contribution in [0.15, 0.2) is 0 Å². The molecule has 2 fully saturated rings. The molecule has 3 heteroatoms. The van der Waals surface area contributed by atoms with Crippen LogP contribution in [0.5, 0.6) is 0 Å². The highest BCUT2D eigenvalue weighted by atomic mass is 32.2. The quantitative estimate of drug-likeness (QED) is 0.836. The number of thioether (sulfide) groups is 1. The molecule has 0 amide bonds. The van der Waals surface area contributed by atoms with E-state index in [-0.39, 0.29) is 0 Å². The minimum Gasteiger partial charge on any atom is -0.381 e. The van der Waals surface area contributed by atoms with E-state index < -0.39 is 0 Å². The normalized spacial score (nSPS) is 36.0. The van der Waals surface area contributed by atoms with Crippen LogP contribution < -0.4 is 5.32 Å². The molecule has 1 N–H and O–H groups in total. The molecule has 0 aromatic rings. The van der Waals surface area contributed by atoms with E-state index in [9.17, 15) is 0 Å². The van der Waals surface area contributed by atoms with Crippen molar-refractivity contribution in [1.29, 1.82) is 0 Å². The summed E-state index contributed by atoms with van der Waals surface area (Å²) >= 11 is 2.25. The van der Waals surface area contributed by atoms with Crippen molar-refractivity contribution in [1.82, 2.24) is 5.32 Å². The lowest BCUT2D eigenvalue weighted by atomic mass is 9.84. The van der Waals surface area contributed by atoms with Gasteiger partial charge in [0.15, 0.2) is 0 Å². The first-order valence-corrected chi connectivity index (χ1v) is 8.18. The van der Waals surface area contributed by atoms with Crippen molar-refractivity contribution in [3.63, 3.8) is 0 Å². The first kappa shape index (κ1) is 13.7. The van der Waals surface area contributed by atoms with Gasteiger partial charge >= 0.3 is 0 Å². The Morgan fingerprint density at radius 2 is 1.94 bits per heavy atom. The van der Waals surface area contributed by atoms with Crippen molar-refractivity contribution in [3.05, 3.63) is 0 Å². The summed E-state index contributed by atoms with van der Waals surface area (Å²) in [5.74, 6) is 0.969. The fourth-order valence-corrected chi connectivity index (χ4v) is 4.93. The van der Waals surface area contributed by atoms with Gasteiger partial charge in [0.1, 0.15) is 0 Å². The van der Waals surface area contributed by atoms with Crippen molar-refractivity contribution in [2.24, 2.45) is 5.92 Å². The van der Waals surface area contributed by atoms with E-state index in [0.29, 0.717) is 0 Å². The Morgan fingerprint density at radius 1 is 1.18 bits per heavy atom. The summed E-state index contributed by atoms with van der Waals surface area (Å²) in [5.41, 5.74) is 0. The number of nitrogens with one attached hydrogen (secondary N) is 1. The first-order chi connectivity index (χ1) is 8.33. The van der Waals surface area contributed by atoms with Gasteiger partial charge in [-0.2, -0.15) is 11.8 Å². The highest BCUT2D eigenvalue weighted by molar-refractivity contribution is 8.00. The zero-order chi connectivity index (χ0) is 12.1. The van der Waals surface area contributed by atoms with Gasteiger partial charge in [0.25, 0.3) is 0 Å². The van der Waals surface area contributed by atoms with Crippen LogP contribution in [0, 0.1) is 5.92 Å². The maximum absolute atomic E-state index is 5.46. The number of rotatable bonds is 4. The Labute approximate surface area is 110 Å². The number of ether oxygens (including phenoxy) is 1. The Hall–Kier alpha value is 0.270. The minimum atomic E-state index is 0.741. The number of hydrogen-bond donors (Lipinski definition) is 1. The fraction of sp³-hybridized carbons (Fsp3) is 1.00. The summed E-state index contributed by atoms with van der Waals surface area (Å²) < 4.78 is 5.46. The molecule has 100 valence electrons. The van der Waals surface area contributed by atoms with Gasteiger partial charge in [-0.1, -0.05) is 13.3 Å². The third kappa shape index (κ3) is 3.87. The summed E-state index contributed by atoms with van der Waals surface area (Å²) in [6.07, 6.45) is 8.09. The van der Waals surface area contributed by atoms with E-state index in [4.69, 9.17) is 4.74 Å². The molecule has 1 aliphatic carbocycles. The second-order valence-electron chi connectivity index (χ2n) is 5.47. The molecule has 2 aliphatic rings. The van der Waals surface area contributed by atoms with E-state index in [0.717, 1.165) is 35.7 Å². The van der Waals surface area contributed by atoms with E-state index >= 15 is 0 Å². The molecule has 1 saturated carbocycles. The Balaban J connectivity index is 1.85. The van der Waals surface area contributed by atoms with Gasteiger partial charge in [0.05, 0.1) is 0 Å². The lowest BCUT2D eigenvalue weighted by molar-refractivity contribution is 0.0997. The van der Waals surface area contributed by atoms with E-state index in [2.05, 4.69) is 31.1 Å². The van der Waals surface area contributed by atoms with Crippen LogP contribution in [-0.2, 0) is 4.74 Å². The van der Waals surface area contributed by atoms with Crippen LogP contribution >= 0.6 is 11.8 Å². The topological polar surface area (TPSA) is 21.3 Å². The molecule has 3 unspecified atom stereocenters. The molecule has 1 saturated heterocycles. The molecule has 0 aromatic carbocycles. The zero-order valence-electron chi connectivity index (χ0n) is 11.3. The highest BCUT2D eigenvalue weighted by Crippen LogP contribution is 2.38. The van der Waals surface area contributed by atoms with Crippen molar-refractivity contribution in [2.75, 3.05) is 20.3 Å². The average molecular weight is 257 g/mol. The second kappa shape index (κ2) is 7.01. The third-order valence-corrected chi connectivity index (χ3v) is 6.11. The molecule has 3 atom stereocenters. The summed E-state index contributed by atoms with van der Waals surface area (Å²) in [7, 11) is 2.13. The van der Waals surface area contributed by atoms with Crippen LogP contribution in [0.25, 0.3) is 0 Å². The van der Waals surface area contributed by atoms with Gasteiger partial charge in [-0.05, 0) is 45.1 Å². The van der Waals surface area contributed by atoms with Crippen LogP contribution in [-0.4, -0.2) is 36.8 Å². The van der Waals surface area contributed by atoms with Gasteiger partial charge in [-0.25, -0.2) is 0 Å². The lowest BCUT2D eigenvalue weighted by Crippen LogP contribution is -2.42. The molecular weight excluding hydrogens is 230 g/mol. The second-order valence-corrected chi connectivity index (χ2v) is 7.01. The molecular formula is C14H27NOS. The van der Waals surface area contributed by atoms with E-state index in [1.807, 2.05) is 0 Å². The summed E-state index contributed by atoms with van der Waals surface area (Å²) in [6, 6.07) is 0.741. The maximum Gasteiger partial charge on any atom is 0.0476 e. The van der Waals surface area contributed by atoms with Gasteiger partial charge in [0.2, 0.25) is 0 Å². The third-order valence-electron chi connectivity index (χ3n) is 4.38. The molecule has 0 bridgehead atoms. The summed E-state index contributed by atoms with van der Waals surface area (Å²) in [4.78, 5) is 0. The van der Waals surface area contributed by atoms with Crippen LogP contribution in [0.1, 0.15) is 45.4 Å². The van der Waals surface area contributed by atoms with Crippen LogP contribution in [0.2, 0.25) is 0 Å². The molecule has 17 heavy (non-hydrogen) atoms. The van der Waals surface area contributed by atoms with Crippen LogP contribution in [0.3, 0.4) is 0 Å². The molecule has 2 rings (SSSR count).